The van der Waals surface area contributed by atoms with Crippen LogP contribution in [0.25, 0.3) is 11.0 Å². The fourth-order valence-electron chi connectivity index (χ4n) is 1.60. The monoisotopic (exact) mass is 261 g/mol. The summed E-state index contributed by atoms with van der Waals surface area (Å²) in [5.74, 6) is 0.943. The molecular weight excluding hydrogens is 250 g/mol. The summed E-state index contributed by atoms with van der Waals surface area (Å²) in [6.45, 7) is 0. The third kappa shape index (κ3) is 2.30. The molecule has 0 amide bonds. The molecule has 0 aliphatic heterocycles. The molecule has 3 nitrogen and oxygen atoms in total. The SMILES string of the molecule is Nc1ccc2nc(SCc3ccsc3)[nH]c2c1. The first-order chi connectivity index (χ1) is 8.31. The van der Waals surface area contributed by atoms with Crippen molar-refractivity contribution in [2.75, 3.05) is 5.73 Å². The average Bonchev–Trinajstić information content (AvgIpc) is 2.94. The Kier molecular flexibility index (Phi) is 2.78. The van der Waals surface area contributed by atoms with Gasteiger partial charge in [-0.15, -0.1) is 0 Å². The lowest BCUT2D eigenvalue weighted by molar-refractivity contribution is 1.08. The molecule has 0 radical (unpaired) electrons. The Balaban J connectivity index is 1.81. The van der Waals surface area contributed by atoms with E-state index in [0.717, 1.165) is 27.6 Å². The van der Waals surface area contributed by atoms with Crippen LogP contribution in [0.1, 0.15) is 5.56 Å². The zero-order valence-corrected chi connectivity index (χ0v) is 10.6. The van der Waals surface area contributed by atoms with E-state index in [9.17, 15) is 0 Å². The number of hydrogen-bond donors (Lipinski definition) is 2. The molecule has 0 saturated heterocycles. The third-order valence-corrected chi connectivity index (χ3v) is 4.12. The number of anilines is 1. The lowest BCUT2D eigenvalue weighted by atomic mass is 10.3. The molecule has 2 heterocycles. The molecule has 86 valence electrons. The lowest BCUT2D eigenvalue weighted by Gasteiger charge is -1.93. The van der Waals surface area contributed by atoms with Crippen molar-refractivity contribution in [1.82, 2.24) is 9.97 Å². The van der Waals surface area contributed by atoms with Crippen LogP contribution < -0.4 is 5.73 Å². The zero-order chi connectivity index (χ0) is 11.7. The van der Waals surface area contributed by atoms with Gasteiger partial charge in [0.05, 0.1) is 11.0 Å². The van der Waals surface area contributed by atoms with E-state index in [2.05, 4.69) is 26.8 Å². The Hall–Kier alpha value is -1.46. The van der Waals surface area contributed by atoms with E-state index in [1.54, 1.807) is 23.1 Å². The van der Waals surface area contributed by atoms with Gasteiger partial charge in [-0.3, -0.25) is 0 Å². The summed E-state index contributed by atoms with van der Waals surface area (Å²) >= 11 is 3.43. The minimum atomic E-state index is 0.760. The fourth-order valence-corrected chi connectivity index (χ4v) is 3.20. The van der Waals surface area contributed by atoms with E-state index >= 15 is 0 Å². The van der Waals surface area contributed by atoms with Gasteiger partial charge in [0, 0.05) is 11.4 Å². The molecule has 2 aromatic heterocycles. The quantitative estimate of drug-likeness (QED) is 0.560. The van der Waals surface area contributed by atoms with Crippen LogP contribution in [-0.4, -0.2) is 9.97 Å². The van der Waals surface area contributed by atoms with Crippen LogP contribution in [0.15, 0.2) is 40.2 Å². The number of H-pyrrole nitrogens is 1. The lowest BCUT2D eigenvalue weighted by Crippen LogP contribution is -1.82. The summed E-state index contributed by atoms with van der Waals surface area (Å²) < 4.78 is 0. The molecule has 0 unspecified atom stereocenters. The van der Waals surface area contributed by atoms with E-state index in [-0.39, 0.29) is 0 Å². The highest BCUT2D eigenvalue weighted by Gasteiger charge is 2.04. The summed E-state index contributed by atoms with van der Waals surface area (Å²) in [6.07, 6.45) is 0. The molecule has 17 heavy (non-hydrogen) atoms. The van der Waals surface area contributed by atoms with Gasteiger partial charge >= 0.3 is 0 Å². The van der Waals surface area contributed by atoms with Crippen molar-refractivity contribution in [1.29, 1.82) is 0 Å². The summed E-state index contributed by atoms with van der Waals surface area (Å²) in [4.78, 5) is 7.78. The highest BCUT2D eigenvalue weighted by molar-refractivity contribution is 7.98. The molecule has 3 N–H and O–H groups in total. The molecule has 3 rings (SSSR count). The highest BCUT2D eigenvalue weighted by Crippen LogP contribution is 2.24. The molecule has 0 aliphatic carbocycles. The molecule has 1 aromatic carbocycles. The molecule has 0 saturated carbocycles. The topological polar surface area (TPSA) is 54.7 Å². The standard InChI is InChI=1S/C12H11N3S2/c13-9-1-2-10-11(5-9)15-12(14-10)17-7-8-3-4-16-6-8/h1-6H,7,13H2,(H,14,15). The highest BCUT2D eigenvalue weighted by atomic mass is 32.2. The molecular formula is C12H11N3S2. The number of imidazole rings is 1. The second-order valence-corrected chi connectivity index (χ2v) is 5.48. The van der Waals surface area contributed by atoms with Crippen LogP contribution >= 0.6 is 23.1 Å². The number of aromatic amines is 1. The smallest absolute Gasteiger partial charge is 0.166 e. The normalized spacial score (nSPS) is 11.1. The zero-order valence-electron chi connectivity index (χ0n) is 9.01. The predicted molar refractivity (Wildman–Crippen MR) is 74.4 cm³/mol. The Morgan fingerprint density at radius 1 is 1.35 bits per heavy atom. The number of benzene rings is 1. The van der Waals surface area contributed by atoms with Gasteiger partial charge in [0.1, 0.15) is 0 Å². The van der Waals surface area contributed by atoms with Gasteiger partial charge in [0.2, 0.25) is 0 Å². The van der Waals surface area contributed by atoms with Crippen LogP contribution in [0.5, 0.6) is 0 Å². The number of nitrogens with two attached hydrogens (primary N) is 1. The van der Waals surface area contributed by atoms with E-state index in [1.807, 2.05) is 18.2 Å². The van der Waals surface area contributed by atoms with Gasteiger partial charge in [0.15, 0.2) is 5.16 Å². The second kappa shape index (κ2) is 4.43. The van der Waals surface area contributed by atoms with Gasteiger partial charge in [-0.05, 0) is 40.6 Å². The minimum Gasteiger partial charge on any atom is -0.399 e. The number of nitrogen functional groups attached to an aromatic ring is 1. The van der Waals surface area contributed by atoms with Crippen molar-refractivity contribution in [2.45, 2.75) is 10.9 Å². The van der Waals surface area contributed by atoms with Crippen LogP contribution in [0.2, 0.25) is 0 Å². The number of nitrogens with zero attached hydrogens (tertiary/aromatic N) is 1. The number of rotatable bonds is 3. The summed E-state index contributed by atoms with van der Waals surface area (Å²) in [6, 6.07) is 7.86. The van der Waals surface area contributed by atoms with Gasteiger partial charge in [-0.25, -0.2) is 4.98 Å². The van der Waals surface area contributed by atoms with E-state index in [1.165, 1.54) is 5.56 Å². The van der Waals surface area contributed by atoms with Crippen molar-refractivity contribution in [3.05, 3.63) is 40.6 Å². The first-order valence-electron chi connectivity index (χ1n) is 5.20. The van der Waals surface area contributed by atoms with Crippen molar-refractivity contribution in [3.8, 4) is 0 Å². The number of hydrogen-bond acceptors (Lipinski definition) is 4. The largest absolute Gasteiger partial charge is 0.399 e. The maximum Gasteiger partial charge on any atom is 0.166 e. The number of thioether (sulfide) groups is 1. The molecule has 0 fully saturated rings. The third-order valence-electron chi connectivity index (χ3n) is 2.44. The van der Waals surface area contributed by atoms with Crippen LogP contribution in [0.3, 0.4) is 0 Å². The number of fused-ring (bicyclic) bond motifs is 1. The average molecular weight is 261 g/mol. The Morgan fingerprint density at radius 3 is 3.12 bits per heavy atom. The minimum absolute atomic E-state index is 0.760. The van der Waals surface area contributed by atoms with Crippen molar-refractivity contribution in [2.24, 2.45) is 0 Å². The molecule has 5 heteroatoms. The molecule has 0 spiro atoms. The molecule has 3 aromatic rings. The first kappa shape index (κ1) is 10.7. The van der Waals surface area contributed by atoms with Crippen molar-refractivity contribution < 1.29 is 0 Å². The summed E-state index contributed by atoms with van der Waals surface area (Å²) in [7, 11) is 0. The second-order valence-electron chi connectivity index (χ2n) is 3.74. The van der Waals surface area contributed by atoms with Gasteiger partial charge in [0.25, 0.3) is 0 Å². The Bertz CT molecular complexity index is 628. The number of aromatic nitrogens is 2. The molecule has 0 atom stereocenters. The van der Waals surface area contributed by atoms with Gasteiger partial charge in [-0.1, -0.05) is 11.8 Å². The van der Waals surface area contributed by atoms with Crippen LogP contribution in [0.4, 0.5) is 5.69 Å². The van der Waals surface area contributed by atoms with Crippen LogP contribution in [0, 0.1) is 0 Å². The predicted octanol–water partition coefficient (Wildman–Crippen LogP) is 3.50. The maximum absolute atomic E-state index is 5.73. The summed E-state index contributed by atoms with van der Waals surface area (Å²) in [5, 5.41) is 5.19. The summed E-state index contributed by atoms with van der Waals surface area (Å²) in [5.41, 5.74) is 9.79. The fraction of sp³-hybridized carbons (Fsp3) is 0.0833. The van der Waals surface area contributed by atoms with E-state index < -0.39 is 0 Å². The van der Waals surface area contributed by atoms with Crippen molar-refractivity contribution >= 4 is 39.8 Å². The maximum atomic E-state index is 5.73. The van der Waals surface area contributed by atoms with Gasteiger partial charge < -0.3 is 10.7 Å². The number of nitrogens with one attached hydrogen (secondary N) is 1. The first-order valence-corrected chi connectivity index (χ1v) is 7.13. The van der Waals surface area contributed by atoms with E-state index in [0.29, 0.717) is 0 Å². The van der Waals surface area contributed by atoms with Gasteiger partial charge in [-0.2, -0.15) is 11.3 Å². The van der Waals surface area contributed by atoms with E-state index in [4.69, 9.17) is 5.73 Å². The van der Waals surface area contributed by atoms with Crippen LogP contribution in [-0.2, 0) is 5.75 Å². The number of thiophene rings is 1. The molecule has 0 bridgehead atoms. The Labute approximate surface area is 107 Å². The van der Waals surface area contributed by atoms with Crippen molar-refractivity contribution in [3.63, 3.8) is 0 Å². The molecule has 0 aliphatic rings. The Morgan fingerprint density at radius 2 is 2.29 bits per heavy atom.